The topological polar surface area (TPSA) is 51.0 Å². The Morgan fingerprint density at radius 3 is 2.77 bits per heavy atom. The molecular formula is C18H14N4. The Morgan fingerprint density at radius 2 is 1.86 bits per heavy atom. The van der Waals surface area contributed by atoms with E-state index in [1.807, 2.05) is 36.5 Å². The number of hydrogen-bond acceptors (Lipinski definition) is 4. The number of pyridine rings is 3. The highest BCUT2D eigenvalue weighted by atomic mass is 14.8. The van der Waals surface area contributed by atoms with Crippen molar-refractivity contribution in [2.24, 2.45) is 4.99 Å². The summed E-state index contributed by atoms with van der Waals surface area (Å²) in [5.41, 5.74) is 6.75. The van der Waals surface area contributed by atoms with Gasteiger partial charge in [0.25, 0.3) is 0 Å². The molecule has 0 aromatic carbocycles. The molecule has 0 spiro atoms. The standard InChI is InChI=1S/C18H14N4/c1-12-6-9-20-17(11-12)18-13(7-10-21-18)14-4-5-15-16(22-14)3-2-8-19-15/h2-9,11H,10H2,1H3. The highest BCUT2D eigenvalue weighted by Crippen LogP contribution is 2.24. The lowest BCUT2D eigenvalue weighted by Gasteiger charge is -2.08. The summed E-state index contributed by atoms with van der Waals surface area (Å²) in [5, 5.41) is 0. The number of nitrogens with zero attached hydrogens (tertiary/aromatic N) is 4. The molecular weight excluding hydrogens is 272 g/mol. The maximum Gasteiger partial charge on any atom is 0.0926 e. The summed E-state index contributed by atoms with van der Waals surface area (Å²) in [6.07, 6.45) is 5.70. The molecule has 3 aromatic heterocycles. The average molecular weight is 286 g/mol. The first-order valence-electron chi connectivity index (χ1n) is 7.21. The predicted octanol–water partition coefficient (Wildman–Crippen LogP) is 3.22. The van der Waals surface area contributed by atoms with Crippen LogP contribution in [0, 0.1) is 6.92 Å². The molecule has 3 aromatic rings. The third kappa shape index (κ3) is 2.19. The zero-order chi connectivity index (χ0) is 14.9. The van der Waals surface area contributed by atoms with Gasteiger partial charge in [0.1, 0.15) is 0 Å². The van der Waals surface area contributed by atoms with E-state index in [2.05, 4.69) is 34.0 Å². The van der Waals surface area contributed by atoms with Crippen molar-refractivity contribution in [1.82, 2.24) is 15.0 Å². The van der Waals surface area contributed by atoms with Gasteiger partial charge in [-0.05, 0) is 48.9 Å². The third-order valence-corrected chi connectivity index (χ3v) is 3.69. The summed E-state index contributed by atoms with van der Waals surface area (Å²) < 4.78 is 0. The average Bonchev–Trinajstić information content (AvgIpc) is 3.04. The molecule has 4 rings (SSSR count). The number of rotatable bonds is 2. The molecule has 0 radical (unpaired) electrons. The fourth-order valence-electron chi connectivity index (χ4n) is 2.63. The van der Waals surface area contributed by atoms with Crippen molar-refractivity contribution in [2.75, 3.05) is 6.54 Å². The van der Waals surface area contributed by atoms with Gasteiger partial charge in [-0.1, -0.05) is 6.08 Å². The van der Waals surface area contributed by atoms with E-state index in [1.54, 1.807) is 6.20 Å². The Morgan fingerprint density at radius 1 is 0.909 bits per heavy atom. The van der Waals surface area contributed by atoms with Crippen molar-refractivity contribution in [3.8, 4) is 0 Å². The summed E-state index contributed by atoms with van der Waals surface area (Å²) in [5.74, 6) is 0. The molecule has 1 aliphatic rings. The lowest BCUT2D eigenvalue weighted by atomic mass is 10.0. The van der Waals surface area contributed by atoms with Gasteiger partial charge in [0.15, 0.2) is 0 Å². The van der Waals surface area contributed by atoms with Crippen molar-refractivity contribution in [2.45, 2.75) is 6.92 Å². The molecule has 106 valence electrons. The maximum atomic E-state index is 4.72. The largest absolute Gasteiger partial charge is 0.278 e. The van der Waals surface area contributed by atoms with Gasteiger partial charge in [-0.15, -0.1) is 0 Å². The number of hydrogen-bond donors (Lipinski definition) is 0. The van der Waals surface area contributed by atoms with E-state index in [-0.39, 0.29) is 0 Å². The number of aryl methyl sites for hydroxylation is 1. The van der Waals surface area contributed by atoms with Crippen LogP contribution in [0.25, 0.3) is 16.6 Å². The van der Waals surface area contributed by atoms with Gasteiger partial charge in [-0.3, -0.25) is 15.0 Å². The Balaban J connectivity index is 1.79. The lowest BCUT2D eigenvalue weighted by Crippen LogP contribution is -2.06. The highest BCUT2D eigenvalue weighted by molar-refractivity contribution is 6.32. The molecule has 1 aliphatic heterocycles. The molecule has 0 fully saturated rings. The van der Waals surface area contributed by atoms with E-state index >= 15 is 0 Å². The molecule has 0 aliphatic carbocycles. The van der Waals surface area contributed by atoms with E-state index in [4.69, 9.17) is 4.98 Å². The van der Waals surface area contributed by atoms with Gasteiger partial charge >= 0.3 is 0 Å². The van der Waals surface area contributed by atoms with Crippen LogP contribution in [0.5, 0.6) is 0 Å². The number of aromatic nitrogens is 3. The molecule has 0 N–H and O–H groups in total. The molecule has 22 heavy (non-hydrogen) atoms. The van der Waals surface area contributed by atoms with Gasteiger partial charge in [-0.25, -0.2) is 4.98 Å². The van der Waals surface area contributed by atoms with Crippen molar-refractivity contribution in [3.05, 3.63) is 71.8 Å². The quantitative estimate of drug-likeness (QED) is 0.726. The SMILES string of the molecule is Cc1ccnc(C2=NCC=C2c2ccc3ncccc3n2)c1. The monoisotopic (exact) mass is 286 g/mol. The summed E-state index contributed by atoms with van der Waals surface area (Å²) in [6, 6.07) is 11.9. The van der Waals surface area contributed by atoms with Crippen molar-refractivity contribution in [1.29, 1.82) is 0 Å². The fraction of sp³-hybridized carbons (Fsp3) is 0.111. The highest BCUT2D eigenvalue weighted by Gasteiger charge is 2.18. The lowest BCUT2D eigenvalue weighted by molar-refractivity contribution is 1.23. The minimum absolute atomic E-state index is 0.674. The Labute approximate surface area is 128 Å². The molecule has 0 unspecified atom stereocenters. The summed E-state index contributed by atoms with van der Waals surface area (Å²) in [4.78, 5) is 18.1. The molecule has 0 amide bonds. The first kappa shape index (κ1) is 12.8. The minimum Gasteiger partial charge on any atom is -0.278 e. The van der Waals surface area contributed by atoms with Crippen LogP contribution in [0.4, 0.5) is 0 Å². The van der Waals surface area contributed by atoms with E-state index in [1.165, 1.54) is 5.56 Å². The zero-order valence-corrected chi connectivity index (χ0v) is 12.2. The zero-order valence-electron chi connectivity index (χ0n) is 12.2. The second-order valence-corrected chi connectivity index (χ2v) is 5.26. The molecule has 0 bridgehead atoms. The smallest absolute Gasteiger partial charge is 0.0926 e. The van der Waals surface area contributed by atoms with Crippen LogP contribution in [-0.2, 0) is 0 Å². The van der Waals surface area contributed by atoms with Crippen LogP contribution in [0.15, 0.2) is 59.9 Å². The Kier molecular flexibility index (Phi) is 3.00. The van der Waals surface area contributed by atoms with Gasteiger partial charge in [0.05, 0.1) is 34.7 Å². The fourth-order valence-corrected chi connectivity index (χ4v) is 2.63. The molecule has 0 saturated carbocycles. The third-order valence-electron chi connectivity index (χ3n) is 3.69. The Hall–Kier alpha value is -2.88. The summed E-state index contributed by atoms with van der Waals surface area (Å²) >= 11 is 0. The second-order valence-electron chi connectivity index (χ2n) is 5.26. The second kappa shape index (κ2) is 5.15. The van der Waals surface area contributed by atoms with E-state index in [0.29, 0.717) is 6.54 Å². The van der Waals surface area contributed by atoms with E-state index in [9.17, 15) is 0 Å². The van der Waals surface area contributed by atoms with Crippen molar-refractivity contribution in [3.63, 3.8) is 0 Å². The maximum absolute atomic E-state index is 4.72. The van der Waals surface area contributed by atoms with E-state index in [0.717, 1.165) is 33.7 Å². The molecule has 4 heteroatoms. The normalized spacial score (nSPS) is 14.0. The van der Waals surface area contributed by atoms with Crippen LogP contribution >= 0.6 is 0 Å². The summed E-state index contributed by atoms with van der Waals surface area (Å²) in [6.45, 7) is 2.73. The number of fused-ring (bicyclic) bond motifs is 1. The Bertz CT molecular complexity index is 925. The molecule has 0 saturated heterocycles. The van der Waals surface area contributed by atoms with Crippen LogP contribution < -0.4 is 0 Å². The van der Waals surface area contributed by atoms with Crippen LogP contribution in [0.3, 0.4) is 0 Å². The van der Waals surface area contributed by atoms with Crippen molar-refractivity contribution >= 4 is 22.3 Å². The van der Waals surface area contributed by atoms with Crippen LogP contribution in [-0.4, -0.2) is 27.2 Å². The predicted molar refractivity (Wildman–Crippen MR) is 87.9 cm³/mol. The molecule has 4 heterocycles. The number of allylic oxidation sites excluding steroid dienone is 1. The molecule has 0 atom stereocenters. The number of aliphatic imine (C=N–C) groups is 1. The van der Waals surface area contributed by atoms with Gasteiger partial charge in [0.2, 0.25) is 0 Å². The minimum atomic E-state index is 0.674. The van der Waals surface area contributed by atoms with Gasteiger partial charge in [0, 0.05) is 18.0 Å². The first-order valence-corrected chi connectivity index (χ1v) is 7.21. The molecule has 4 nitrogen and oxygen atoms in total. The van der Waals surface area contributed by atoms with Crippen molar-refractivity contribution < 1.29 is 0 Å². The van der Waals surface area contributed by atoms with Crippen LogP contribution in [0.1, 0.15) is 17.0 Å². The van der Waals surface area contributed by atoms with Gasteiger partial charge in [-0.2, -0.15) is 0 Å². The first-order chi connectivity index (χ1) is 10.8. The van der Waals surface area contributed by atoms with Crippen LogP contribution in [0.2, 0.25) is 0 Å². The van der Waals surface area contributed by atoms with E-state index < -0.39 is 0 Å². The van der Waals surface area contributed by atoms with Gasteiger partial charge < -0.3 is 0 Å². The summed E-state index contributed by atoms with van der Waals surface area (Å²) in [7, 11) is 0.